The Kier molecular flexibility index (Phi) is 3.93. The topological polar surface area (TPSA) is 35.2 Å². The van der Waals surface area contributed by atoms with Gasteiger partial charge in [-0.1, -0.05) is 38.1 Å². The molecular formula is C16H17F2NO. The summed E-state index contributed by atoms with van der Waals surface area (Å²) < 4.78 is 28.6. The predicted molar refractivity (Wildman–Crippen MR) is 76.1 cm³/mol. The predicted octanol–water partition coefficient (Wildman–Crippen LogP) is 4.20. The highest BCUT2D eigenvalue weighted by atomic mass is 19.3. The monoisotopic (exact) mass is 277 g/mol. The molecule has 20 heavy (non-hydrogen) atoms. The number of halogens is 2. The molecule has 2 nitrogen and oxygen atoms in total. The minimum atomic E-state index is -2.80. The van der Waals surface area contributed by atoms with E-state index >= 15 is 0 Å². The third kappa shape index (κ3) is 3.07. The van der Waals surface area contributed by atoms with Crippen molar-refractivity contribution in [2.24, 2.45) is 0 Å². The Labute approximate surface area is 117 Å². The number of benzene rings is 2. The lowest BCUT2D eigenvalue weighted by Crippen LogP contribution is -2.19. The van der Waals surface area contributed by atoms with Gasteiger partial charge in [0.05, 0.1) is 0 Å². The lowest BCUT2D eigenvalue weighted by atomic mass is 9.78. The minimum Gasteiger partial charge on any atom is -0.435 e. The van der Waals surface area contributed by atoms with E-state index < -0.39 is 6.61 Å². The SMILES string of the molecule is CC(C)(c1ccc(OC(F)F)cc1)c1cccc(N)c1. The van der Waals surface area contributed by atoms with Crippen molar-refractivity contribution >= 4 is 5.69 Å². The maximum atomic E-state index is 12.1. The zero-order chi connectivity index (χ0) is 14.8. The molecule has 0 heterocycles. The second kappa shape index (κ2) is 5.49. The van der Waals surface area contributed by atoms with Gasteiger partial charge in [-0.25, -0.2) is 0 Å². The summed E-state index contributed by atoms with van der Waals surface area (Å²) in [5.41, 5.74) is 8.32. The molecule has 0 aliphatic heterocycles. The molecule has 0 fully saturated rings. The number of rotatable bonds is 4. The van der Waals surface area contributed by atoms with Crippen LogP contribution in [0.2, 0.25) is 0 Å². The van der Waals surface area contributed by atoms with Crippen LogP contribution in [0.4, 0.5) is 14.5 Å². The number of ether oxygens (including phenoxy) is 1. The van der Waals surface area contributed by atoms with Gasteiger partial charge < -0.3 is 10.5 Å². The first-order chi connectivity index (χ1) is 9.39. The van der Waals surface area contributed by atoms with Gasteiger partial charge in [0.25, 0.3) is 0 Å². The zero-order valence-electron chi connectivity index (χ0n) is 11.4. The normalized spacial score (nSPS) is 11.7. The van der Waals surface area contributed by atoms with Crippen molar-refractivity contribution in [3.63, 3.8) is 0 Å². The van der Waals surface area contributed by atoms with Crippen LogP contribution in [0.1, 0.15) is 25.0 Å². The second-order valence-corrected chi connectivity index (χ2v) is 5.15. The van der Waals surface area contributed by atoms with E-state index in [2.05, 4.69) is 18.6 Å². The van der Waals surface area contributed by atoms with Gasteiger partial charge in [0.15, 0.2) is 0 Å². The first-order valence-corrected chi connectivity index (χ1v) is 6.31. The highest BCUT2D eigenvalue weighted by Crippen LogP contribution is 2.33. The molecule has 0 radical (unpaired) electrons. The summed E-state index contributed by atoms with van der Waals surface area (Å²) in [4.78, 5) is 0. The summed E-state index contributed by atoms with van der Waals surface area (Å²) in [6.45, 7) is 1.32. The van der Waals surface area contributed by atoms with Gasteiger partial charge in [0.2, 0.25) is 0 Å². The van der Waals surface area contributed by atoms with Crippen molar-refractivity contribution in [1.29, 1.82) is 0 Å². The Bertz CT molecular complexity index is 579. The molecule has 2 N–H and O–H groups in total. The van der Waals surface area contributed by atoms with Crippen LogP contribution in [0.25, 0.3) is 0 Å². The van der Waals surface area contributed by atoms with Gasteiger partial charge in [-0.15, -0.1) is 0 Å². The van der Waals surface area contributed by atoms with Crippen molar-refractivity contribution in [3.8, 4) is 5.75 Å². The third-order valence-electron chi connectivity index (χ3n) is 3.41. The highest BCUT2D eigenvalue weighted by molar-refractivity contribution is 5.47. The fraction of sp³-hybridized carbons (Fsp3) is 0.250. The number of anilines is 1. The molecule has 106 valence electrons. The smallest absolute Gasteiger partial charge is 0.387 e. The van der Waals surface area contributed by atoms with Gasteiger partial charge in [-0.3, -0.25) is 0 Å². The molecule has 0 aliphatic carbocycles. The van der Waals surface area contributed by atoms with E-state index in [-0.39, 0.29) is 11.2 Å². The maximum absolute atomic E-state index is 12.1. The van der Waals surface area contributed by atoms with E-state index in [0.717, 1.165) is 11.1 Å². The molecule has 0 aromatic heterocycles. The fourth-order valence-electron chi connectivity index (χ4n) is 2.15. The zero-order valence-corrected chi connectivity index (χ0v) is 11.4. The minimum absolute atomic E-state index is 0.159. The molecule has 0 amide bonds. The largest absolute Gasteiger partial charge is 0.435 e. The summed E-state index contributed by atoms with van der Waals surface area (Å²) in [5, 5.41) is 0. The van der Waals surface area contributed by atoms with Crippen LogP contribution in [0.3, 0.4) is 0 Å². The van der Waals surface area contributed by atoms with E-state index in [1.807, 2.05) is 24.3 Å². The van der Waals surface area contributed by atoms with Gasteiger partial charge >= 0.3 is 6.61 Å². The average Bonchev–Trinajstić information content (AvgIpc) is 2.38. The molecular weight excluding hydrogens is 260 g/mol. The van der Waals surface area contributed by atoms with Crippen LogP contribution < -0.4 is 10.5 Å². The summed E-state index contributed by atoms with van der Waals surface area (Å²) in [6, 6.07) is 14.3. The van der Waals surface area contributed by atoms with E-state index in [0.29, 0.717) is 5.69 Å². The third-order valence-corrected chi connectivity index (χ3v) is 3.41. The molecule has 2 aromatic rings. The molecule has 2 aromatic carbocycles. The molecule has 0 aliphatic rings. The Morgan fingerprint density at radius 2 is 1.65 bits per heavy atom. The summed E-state index contributed by atoms with van der Waals surface area (Å²) >= 11 is 0. The first kappa shape index (κ1) is 14.3. The number of alkyl halides is 2. The Balaban J connectivity index is 2.29. The van der Waals surface area contributed by atoms with E-state index in [4.69, 9.17) is 5.73 Å². The van der Waals surface area contributed by atoms with E-state index in [1.165, 1.54) is 0 Å². The molecule has 0 atom stereocenters. The standard InChI is InChI=1S/C16H17F2NO/c1-16(2,12-4-3-5-13(19)10-12)11-6-8-14(9-7-11)20-15(17)18/h3-10,15H,19H2,1-2H3. The molecule has 0 bridgehead atoms. The number of hydrogen-bond donors (Lipinski definition) is 1. The Morgan fingerprint density at radius 1 is 1.00 bits per heavy atom. The second-order valence-electron chi connectivity index (χ2n) is 5.15. The van der Waals surface area contributed by atoms with Crippen molar-refractivity contribution in [3.05, 3.63) is 59.7 Å². The highest BCUT2D eigenvalue weighted by Gasteiger charge is 2.23. The molecule has 0 unspecified atom stereocenters. The molecule has 0 saturated carbocycles. The van der Waals surface area contributed by atoms with Crippen LogP contribution in [-0.4, -0.2) is 6.61 Å². The lowest BCUT2D eigenvalue weighted by molar-refractivity contribution is -0.0498. The Hall–Kier alpha value is -2.10. The van der Waals surface area contributed by atoms with Crippen molar-refractivity contribution in [1.82, 2.24) is 0 Å². The summed E-state index contributed by atoms with van der Waals surface area (Å²) in [5.74, 6) is 0.159. The first-order valence-electron chi connectivity index (χ1n) is 6.31. The van der Waals surface area contributed by atoms with Crippen molar-refractivity contribution in [2.75, 3.05) is 5.73 Å². The number of nitrogen functional groups attached to an aromatic ring is 1. The Morgan fingerprint density at radius 3 is 2.20 bits per heavy atom. The van der Waals surface area contributed by atoms with Gasteiger partial charge in [-0.05, 0) is 35.4 Å². The van der Waals surface area contributed by atoms with Gasteiger partial charge in [0.1, 0.15) is 5.75 Å². The van der Waals surface area contributed by atoms with E-state index in [9.17, 15) is 8.78 Å². The number of hydrogen-bond acceptors (Lipinski definition) is 2. The average molecular weight is 277 g/mol. The van der Waals surface area contributed by atoms with Crippen LogP contribution in [0.5, 0.6) is 5.75 Å². The van der Waals surface area contributed by atoms with Crippen molar-refractivity contribution < 1.29 is 13.5 Å². The lowest BCUT2D eigenvalue weighted by Gasteiger charge is -2.26. The van der Waals surface area contributed by atoms with E-state index in [1.54, 1.807) is 24.3 Å². The van der Waals surface area contributed by atoms with Gasteiger partial charge in [-0.2, -0.15) is 8.78 Å². The molecule has 0 saturated heterocycles. The fourth-order valence-corrected chi connectivity index (χ4v) is 2.15. The van der Waals surface area contributed by atoms with Crippen LogP contribution in [0, 0.1) is 0 Å². The quantitative estimate of drug-likeness (QED) is 0.850. The van der Waals surface area contributed by atoms with Crippen LogP contribution in [0.15, 0.2) is 48.5 Å². The number of nitrogens with two attached hydrogens (primary N) is 1. The summed E-state index contributed by atoms with van der Waals surface area (Å²) in [6.07, 6.45) is 0. The molecule has 0 spiro atoms. The van der Waals surface area contributed by atoms with Crippen LogP contribution >= 0.6 is 0 Å². The van der Waals surface area contributed by atoms with Crippen molar-refractivity contribution in [2.45, 2.75) is 25.9 Å². The molecule has 4 heteroatoms. The molecule has 2 rings (SSSR count). The van der Waals surface area contributed by atoms with Gasteiger partial charge in [0, 0.05) is 11.1 Å². The van der Waals surface area contributed by atoms with Crippen LogP contribution in [-0.2, 0) is 5.41 Å². The maximum Gasteiger partial charge on any atom is 0.387 e. The summed E-state index contributed by atoms with van der Waals surface area (Å²) in [7, 11) is 0.